The molecule has 102 valence electrons. The molecule has 0 aromatic heterocycles. The average molecular weight is 269 g/mol. The molecule has 0 spiro atoms. The number of aldehydes is 1. The molecule has 0 amide bonds. The normalized spacial score (nSPS) is 16.8. The number of benzene rings is 1. The Morgan fingerprint density at radius 1 is 1.20 bits per heavy atom. The summed E-state index contributed by atoms with van der Waals surface area (Å²) >= 11 is 0. The number of carbonyl (C=O) groups is 2. The Morgan fingerprint density at radius 2 is 1.85 bits per heavy atom. The fourth-order valence-corrected chi connectivity index (χ4v) is 1.80. The zero-order chi connectivity index (χ0) is 14.7. The third kappa shape index (κ3) is 2.71. The van der Waals surface area contributed by atoms with Crippen molar-refractivity contribution in [2.45, 2.75) is 13.8 Å². The van der Waals surface area contributed by atoms with Crippen LogP contribution in [0.5, 0.6) is 0 Å². The molecule has 0 fully saturated rings. The smallest absolute Gasteiger partial charge is 0.163 e. The number of carbonyl (C=O) groups excluding carboxylic acids is 2. The summed E-state index contributed by atoms with van der Waals surface area (Å²) in [6.45, 7) is 3.37. The lowest BCUT2D eigenvalue weighted by molar-refractivity contribution is -0.104. The predicted molar refractivity (Wildman–Crippen MR) is 78.0 cm³/mol. The maximum atomic E-state index is 11.3. The van der Waals surface area contributed by atoms with Gasteiger partial charge in [-0.05, 0) is 13.8 Å². The van der Waals surface area contributed by atoms with Gasteiger partial charge in [0.05, 0.1) is 0 Å². The lowest BCUT2D eigenvalue weighted by Crippen LogP contribution is -2.28. The van der Waals surface area contributed by atoms with E-state index >= 15 is 0 Å². The van der Waals surface area contributed by atoms with Gasteiger partial charge in [0.25, 0.3) is 0 Å². The predicted octanol–water partition coefficient (Wildman–Crippen LogP) is 2.04. The van der Waals surface area contributed by atoms with Gasteiger partial charge in [-0.25, -0.2) is 9.98 Å². The van der Waals surface area contributed by atoms with Gasteiger partial charge in [0.1, 0.15) is 17.9 Å². The summed E-state index contributed by atoms with van der Waals surface area (Å²) in [4.78, 5) is 32.4. The van der Waals surface area contributed by atoms with Crippen LogP contribution < -0.4 is 0 Å². The maximum Gasteiger partial charge on any atom is 0.163 e. The molecule has 20 heavy (non-hydrogen) atoms. The summed E-state index contributed by atoms with van der Waals surface area (Å²) in [5.41, 5.74) is 1.45. The van der Waals surface area contributed by atoms with Gasteiger partial charge in [-0.1, -0.05) is 24.3 Å². The molecule has 1 aromatic rings. The minimum absolute atomic E-state index is 0.0167. The molecule has 1 heterocycles. The van der Waals surface area contributed by atoms with Gasteiger partial charge in [-0.3, -0.25) is 9.59 Å². The van der Waals surface area contributed by atoms with Crippen LogP contribution >= 0.6 is 0 Å². The van der Waals surface area contributed by atoms with Crippen LogP contribution in [0, 0.1) is 0 Å². The molecule has 1 aliphatic heterocycles. The lowest BCUT2D eigenvalue weighted by Gasteiger charge is -2.23. The third-order valence-corrected chi connectivity index (χ3v) is 3.08. The molecule has 0 bridgehead atoms. The van der Waals surface area contributed by atoms with Crippen LogP contribution in [0.1, 0.15) is 29.8 Å². The van der Waals surface area contributed by atoms with Crippen LogP contribution in [0.25, 0.3) is 0 Å². The van der Waals surface area contributed by atoms with Crippen LogP contribution in [0.4, 0.5) is 0 Å². The monoisotopic (exact) mass is 269 g/mol. The van der Waals surface area contributed by atoms with Gasteiger partial charge in [0, 0.05) is 24.3 Å². The maximum absolute atomic E-state index is 11.3. The first-order valence-corrected chi connectivity index (χ1v) is 6.17. The van der Waals surface area contributed by atoms with Crippen molar-refractivity contribution in [3.8, 4) is 0 Å². The first-order chi connectivity index (χ1) is 9.52. The molecule has 0 saturated carbocycles. The first kappa shape index (κ1) is 13.9. The summed E-state index contributed by atoms with van der Waals surface area (Å²) in [5.74, 6) is 1.84. The number of ketones is 1. The van der Waals surface area contributed by atoms with Gasteiger partial charge in [0.2, 0.25) is 0 Å². The molecule has 0 atom stereocenters. The summed E-state index contributed by atoms with van der Waals surface area (Å²) in [7, 11) is 1.80. The quantitative estimate of drug-likeness (QED) is 0.479. The molecule has 0 saturated heterocycles. The second-order valence-corrected chi connectivity index (χ2v) is 4.45. The van der Waals surface area contributed by atoms with E-state index in [2.05, 4.69) is 9.98 Å². The van der Waals surface area contributed by atoms with Crippen molar-refractivity contribution in [2.75, 3.05) is 7.05 Å². The number of amidine groups is 2. The molecule has 0 unspecified atom stereocenters. The lowest BCUT2D eigenvalue weighted by atomic mass is 10.1. The van der Waals surface area contributed by atoms with Crippen LogP contribution in [0.15, 0.2) is 46.1 Å². The molecule has 1 aliphatic rings. The molecular formula is C15H15N3O2. The van der Waals surface area contributed by atoms with Crippen molar-refractivity contribution in [1.29, 1.82) is 0 Å². The largest absolute Gasteiger partial charge is 0.318 e. The van der Waals surface area contributed by atoms with Crippen LogP contribution in [0.2, 0.25) is 0 Å². The Kier molecular flexibility index (Phi) is 3.89. The Morgan fingerprint density at radius 3 is 2.40 bits per heavy atom. The number of rotatable bonds is 3. The van der Waals surface area contributed by atoms with Gasteiger partial charge in [-0.2, -0.15) is 0 Å². The van der Waals surface area contributed by atoms with E-state index in [9.17, 15) is 9.59 Å². The second kappa shape index (κ2) is 5.61. The standard InChI is InChI=1S/C15H15N3O2/c1-10(20)12-4-6-13(7-5-12)15-16-11(2)18(3)14(17-15)8-9-19/h4-9H,1-3H3/b14-8-. The van der Waals surface area contributed by atoms with E-state index in [1.807, 2.05) is 6.92 Å². The fourth-order valence-electron chi connectivity index (χ4n) is 1.80. The number of allylic oxidation sites excluding steroid dienone is 1. The first-order valence-electron chi connectivity index (χ1n) is 6.17. The highest BCUT2D eigenvalue weighted by Crippen LogP contribution is 2.16. The van der Waals surface area contributed by atoms with Crippen LogP contribution in [-0.4, -0.2) is 35.7 Å². The third-order valence-electron chi connectivity index (χ3n) is 3.08. The van der Waals surface area contributed by atoms with Crippen molar-refractivity contribution in [1.82, 2.24) is 4.90 Å². The minimum atomic E-state index is 0.0167. The molecule has 0 radical (unpaired) electrons. The van der Waals surface area contributed by atoms with E-state index < -0.39 is 0 Å². The van der Waals surface area contributed by atoms with E-state index in [4.69, 9.17) is 0 Å². The van der Waals surface area contributed by atoms with Crippen molar-refractivity contribution in [2.24, 2.45) is 9.98 Å². The number of aliphatic imine (C=N–C) groups is 2. The molecule has 0 aliphatic carbocycles. The Balaban J connectivity index is 2.41. The van der Waals surface area contributed by atoms with E-state index in [0.29, 0.717) is 23.5 Å². The van der Waals surface area contributed by atoms with Crippen LogP contribution in [-0.2, 0) is 4.79 Å². The zero-order valence-electron chi connectivity index (χ0n) is 11.6. The SMILES string of the molecule is CC(=O)c1ccc(C2=N/C(=C/C=O)N(C)C(C)=N2)cc1. The summed E-state index contributed by atoms with van der Waals surface area (Å²) in [5, 5.41) is 0. The van der Waals surface area contributed by atoms with Gasteiger partial charge in [-0.15, -0.1) is 0 Å². The van der Waals surface area contributed by atoms with Crippen molar-refractivity contribution >= 4 is 23.7 Å². The van der Waals surface area contributed by atoms with E-state index in [1.165, 1.54) is 13.0 Å². The zero-order valence-corrected chi connectivity index (χ0v) is 11.6. The molecule has 0 N–H and O–H groups in total. The number of hydrogen-bond donors (Lipinski definition) is 0. The van der Waals surface area contributed by atoms with Gasteiger partial charge < -0.3 is 4.90 Å². The van der Waals surface area contributed by atoms with Crippen LogP contribution in [0.3, 0.4) is 0 Å². The highest BCUT2D eigenvalue weighted by atomic mass is 16.1. The fraction of sp³-hybridized carbons (Fsp3) is 0.200. The molecule has 5 nitrogen and oxygen atoms in total. The highest BCUT2D eigenvalue weighted by Gasteiger charge is 2.16. The summed E-state index contributed by atoms with van der Waals surface area (Å²) in [6.07, 6.45) is 2.09. The molecule has 2 rings (SSSR count). The second-order valence-electron chi connectivity index (χ2n) is 4.45. The Labute approximate surface area is 117 Å². The van der Waals surface area contributed by atoms with Crippen molar-refractivity contribution < 1.29 is 9.59 Å². The average Bonchev–Trinajstić information content (AvgIpc) is 2.44. The number of hydrogen-bond acceptors (Lipinski definition) is 5. The van der Waals surface area contributed by atoms with Crippen molar-refractivity contribution in [3.05, 3.63) is 47.3 Å². The summed E-state index contributed by atoms with van der Waals surface area (Å²) in [6, 6.07) is 7.09. The van der Waals surface area contributed by atoms with Gasteiger partial charge in [0.15, 0.2) is 11.6 Å². The van der Waals surface area contributed by atoms with Gasteiger partial charge >= 0.3 is 0 Å². The summed E-state index contributed by atoms with van der Waals surface area (Å²) < 4.78 is 0. The van der Waals surface area contributed by atoms with E-state index in [0.717, 1.165) is 11.4 Å². The highest BCUT2D eigenvalue weighted by molar-refractivity contribution is 6.09. The van der Waals surface area contributed by atoms with E-state index in [1.54, 1.807) is 36.2 Å². The Bertz CT molecular complexity index is 640. The topological polar surface area (TPSA) is 62.1 Å². The Hall–Kier alpha value is -2.56. The molecular weight excluding hydrogens is 254 g/mol. The molecule has 1 aromatic carbocycles. The van der Waals surface area contributed by atoms with E-state index in [-0.39, 0.29) is 5.78 Å². The minimum Gasteiger partial charge on any atom is -0.318 e. The molecule has 5 heteroatoms. The number of nitrogens with zero attached hydrogens (tertiary/aromatic N) is 3. The van der Waals surface area contributed by atoms with Crippen molar-refractivity contribution in [3.63, 3.8) is 0 Å². The number of Topliss-reactive ketones (excluding diaryl/α,β-unsaturated/α-hetero) is 1.